The molecule has 9 heteroatoms. The number of rotatable bonds is 9. The van der Waals surface area contributed by atoms with Crippen molar-refractivity contribution < 1.29 is 19.1 Å². The molecule has 0 aliphatic carbocycles. The summed E-state index contributed by atoms with van der Waals surface area (Å²) in [7, 11) is 3.20. The molecule has 0 saturated carbocycles. The van der Waals surface area contributed by atoms with Crippen molar-refractivity contribution in [2.45, 2.75) is 18.9 Å². The quantitative estimate of drug-likeness (QED) is 0.452. The van der Waals surface area contributed by atoms with Crippen molar-refractivity contribution in [3.8, 4) is 11.5 Å². The number of carbonyl (C=O) groups excluding carboxylic acids is 2. The van der Waals surface area contributed by atoms with Crippen molar-refractivity contribution in [1.29, 1.82) is 0 Å². The molecule has 0 bridgehead atoms. The fourth-order valence-electron chi connectivity index (χ4n) is 4.50. The second kappa shape index (κ2) is 11.5. The Kier molecular flexibility index (Phi) is 7.74. The van der Waals surface area contributed by atoms with E-state index in [4.69, 9.17) is 14.5 Å². The van der Waals surface area contributed by atoms with Crippen molar-refractivity contribution in [2.75, 3.05) is 26.5 Å². The van der Waals surface area contributed by atoms with E-state index in [1.807, 2.05) is 77.7 Å². The van der Waals surface area contributed by atoms with Gasteiger partial charge in [-0.05, 0) is 41.8 Å². The number of hydrogen-bond acceptors (Lipinski definition) is 7. The summed E-state index contributed by atoms with van der Waals surface area (Å²) in [6.07, 6.45) is 1.16. The van der Waals surface area contributed by atoms with Gasteiger partial charge in [0.2, 0.25) is 5.91 Å². The standard InChI is InChI=1S/C29H28N4O4S/c1-36-24-13-12-20(17-25(24)37-2)14-15-30-26(34)18-38-29-31-22-11-7-6-10-21(22)27-32-28(35)23(33(27)29)16-19-8-4-3-5-9-19/h3-13,17,23H,14-16,18H2,1-2H3,(H,30,34). The summed E-state index contributed by atoms with van der Waals surface area (Å²) in [6, 6.07) is 22.7. The molecule has 8 nitrogen and oxygen atoms in total. The lowest BCUT2D eigenvalue weighted by Crippen LogP contribution is -2.45. The van der Waals surface area contributed by atoms with Gasteiger partial charge in [0.1, 0.15) is 11.9 Å². The molecule has 2 heterocycles. The third-order valence-electron chi connectivity index (χ3n) is 6.40. The van der Waals surface area contributed by atoms with Crippen LogP contribution in [0.1, 0.15) is 16.7 Å². The lowest BCUT2D eigenvalue weighted by Gasteiger charge is -2.31. The number of methoxy groups -OCH3 is 2. The van der Waals surface area contributed by atoms with Crippen molar-refractivity contribution in [2.24, 2.45) is 9.98 Å². The Morgan fingerprint density at radius 3 is 2.50 bits per heavy atom. The summed E-state index contributed by atoms with van der Waals surface area (Å²) in [6.45, 7) is 0.482. The maximum absolute atomic E-state index is 13.0. The molecule has 2 amide bonds. The average Bonchev–Trinajstić information content (AvgIpc) is 3.28. The van der Waals surface area contributed by atoms with E-state index in [9.17, 15) is 9.59 Å². The molecule has 2 aliphatic rings. The Bertz CT molecular complexity index is 1410. The Morgan fingerprint density at radius 1 is 0.947 bits per heavy atom. The maximum Gasteiger partial charge on any atom is 0.271 e. The smallest absolute Gasteiger partial charge is 0.271 e. The molecule has 3 aromatic carbocycles. The first-order chi connectivity index (χ1) is 18.6. The number of benzene rings is 3. The fourth-order valence-corrected chi connectivity index (χ4v) is 5.38. The summed E-state index contributed by atoms with van der Waals surface area (Å²) in [5, 5.41) is 3.57. The average molecular weight is 529 g/mol. The highest BCUT2D eigenvalue weighted by Crippen LogP contribution is 2.35. The topological polar surface area (TPSA) is 92.6 Å². The SMILES string of the molecule is COc1ccc(CCNC(=O)CSC2=Nc3ccccc3C3=NC(=O)C(Cc4ccccc4)N23)cc1OC. The summed E-state index contributed by atoms with van der Waals surface area (Å²) >= 11 is 1.31. The third kappa shape index (κ3) is 5.43. The number of para-hydroxylation sites is 1. The van der Waals surface area contributed by atoms with E-state index >= 15 is 0 Å². The van der Waals surface area contributed by atoms with E-state index < -0.39 is 6.04 Å². The molecule has 3 aromatic rings. The van der Waals surface area contributed by atoms with Crippen LogP contribution in [-0.2, 0) is 22.4 Å². The van der Waals surface area contributed by atoms with Crippen LogP contribution in [0, 0.1) is 0 Å². The van der Waals surface area contributed by atoms with Crippen molar-refractivity contribution in [3.63, 3.8) is 0 Å². The van der Waals surface area contributed by atoms with E-state index in [0.29, 0.717) is 41.9 Å². The predicted octanol–water partition coefficient (Wildman–Crippen LogP) is 4.00. The van der Waals surface area contributed by atoms with Gasteiger partial charge in [0.15, 0.2) is 16.7 Å². The minimum atomic E-state index is -0.500. The molecule has 5 rings (SSSR count). The predicted molar refractivity (Wildman–Crippen MR) is 150 cm³/mol. The molecule has 194 valence electrons. The normalized spacial score (nSPS) is 15.8. The molecular formula is C29H28N4O4S. The number of nitrogens with one attached hydrogen (secondary N) is 1. The van der Waals surface area contributed by atoms with Gasteiger partial charge in [0.05, 0.1) is 25.7 Å². The van der Waals surface area contributed by atoms with Crippen LogP contribution in [0.2, 0.25) is 0 Å². The first kappa shape index (κ1) is 25.5. The van der Waals surface area contributed by atoms with E-state index in [1.165, 1.54) is 11.8 Å². The fraction of sp³-hybridized carbons (Fsp3) is 0.241. The van der Waals surface area contributed by atoms with Gasteiger partial charge in [-0.25, -0.2) is 4.99 Å². The van der Waals surface area contributed by atoms with Crippen LogP contribution in [0.5, 0.6) is 11.5 Å². The van der Waals surface area contributed by atoms with Gasteiger partial charge >= 0.3 is 0 Å². The van der Waals surface area contributed by atoms with Gasteiger partial charge in [-0.3, -0.25) is 14.5 Å². The van der Waals surface area contributed by atoms with E-state index in [-0.39, 0.29) is 17.6 Å². The number of fused-ring (bicyclic) bond motifs is 3. The number of aliphatic imine (C=N–C) groups is 2. The molecule has 1 atom stereocenters. The van der Waals surface area contributed by atoms with Crippen LogP contribution in [0.3, 0.4) is 0 Å². The van der Waals surface area contributed by atoms with Gasteiger partial charge in [-0.2, -0.15) is 4.99 Å². The van der Waals surface area contributed by atoms with Gasteiger partial charge in [-0.1, -0.05) is 60.3 Å². The maximum atomic E-state index is 13.0. The largest absolute Gasteiger partial charge is 0.493 e. The number of nitrogens with zero attached hydrogens (tertiary/aromatic N) is 3. The molecule has 1 N–H and O–H groups in total. The highest BCUT2D eigenvalue weighted by atomic mass is 32.2. The van der Waals surface area contributed by atoms with Crippen molar-refractivity contribution >= 4 is 40.3 Å². The summed E-state index contributed by atoms with van der Waals surface area (Å²) in [5.41, 5.74) is 3.63. The molecular weight excluding hydrogens is 500 g/mol. The minimum absolute atomic E-state index is 0.111. The first-order valence-corrected chi connectivity index (χ1v) is 13.3. The van der Waals surface area contributed by atoms with Gasteiger partial charge in [0, 0.05) is 18.5 Å². The van der Waals surface area contributed by atoms with Gasteiger partial charge < -0.3 is 14.8 Å². The van der Waals surface area contributed by atoms with E-state index in [1.54, 1.807) is 14.2 Å². The zero-order valence-corrected chi connectivity index (χ0v) is 22.0. The van der Waals surface area contributed by atoms with E-state index in [2.05, 4.69) is 10.3 Å². The lowest BCUT2D eigenvalue weighted by molar-refractivity contribution is -0.119. The monoisotopic (exact) mass is 528 g/mol. The zero-order chi connectivity index (χ0) is 26.5. The summed E-state index contributed by atoms with van der Waals surface area (Å²) < 4.78 is 10.6. The van der Waals surface area contributed by atoms with Crippen LogP contribution in [0.4, 0.5) is 5.69 Å². The zero-order valence-electron chi connectivity index (χ0n) is 21.2. The molecule has 0 spiro atoms. The van der Waals surface area contributed by atoms with Crippen molar-refractivity contribution in [3.05, 3.63) is 89.5 Å². The number of amidine groups is 2. The van der Waals surface area contributed by atoms with Crippen LogP contribution < -0.4 is 14.8 Å². The first-order valence-electron chi connectivity index (χ1n) is 12.3. The number of hydrogen-bond donors (Lipinski definition) is 1. The molecule has 0 aromatic heterocycles. The summed E-state index contributed by atoms with van der Waals surface area (Å²) in [4.78, 5) is 36.8. The Balaban J connectivity index is 1.25. The molecule has 0 fully saturated rings. The molecule has 2 aliphatic heterocycles. The van der Waals surface area contributed by atoms with Crippen LogP contribution in [-0.4, -0.2) is 60.3 Å². The second-order valence-electron chi connectivity index (χ2n) is 8.84. The lowest BCUT2D eigenvalue weighted by atomic mass is 10.0. The highest BCUT2D eigenvalue weighted by Gasteiger charge is 2.41. The Labute approximate surface area is 225 Å². The molecule has 38 heavy (non-hydrogen) atoms. The van der Waals surface area contributed by atoms with Crippen LogP contribution >= 0.6 is 11.8 Å². The second-order valence-corrected chi connectivity index (χ2v) is 9.78. The molecule has 0 radical (unpaired) electrons. The number of thioether (sulfide) groups is 1. The molecule has 0 saturated heterocycles. The van der Waals surface area contributed by atoms with Crippen LogP contribution in [0.15, 0.2) is 82.8 Å². The Morgan fingerprint density at radius 2 is 1.71 bits per heavy atom. The number of ether oxygens (including phenoxy) is 2. The number of carbonyl (C=O) groups is 2. The van der Waals surface area contributed by atoms with Gasteiger partial charge in [-0.15, -0.1) is 0 Å². The number of amides is 2. The van der Waals surface area contributed by atoms with E-state index in [0.717, 1.165) is 22.4 Å². The van der Waals surface area contributed by atoms with Crippen LogP contribution in [0.25, 0.3) is 0 Å². The minimum Gasteiger partial charge on any atom is -0.493 e. The molecule has 1 unspecified atom stereocenters. The highest BCUT2D eigenvalue weighted by molar-refractivity contribution is 8.14. The van der Waals surface area contributed by atoms with Gasteiger partial charge in [0.25, 0.3) is 5.91 Å². The Hall–Kier alpha value is -4.11. The van der Waals surface area contributed by atoms with Crippen molar-refractivity contribution in [1.82, 2.24) is 10.2 Å². The summed E-state index contributed by atoms with van der Waals surface area (Å²) in [5.74, 6) is 1.78. The third-order valence-corrected chi connectivity index (χ3v) is 7.35.